The Hall–Kier alpha value is -3.36. The van der Waals surface area contributed by atoms with E-state index in [4.69, 9.17) is 9.26 Å². The second-order valence-corrected chi connectivity index (χ2v) is 8.06. The molecule has 0 spiro atoms. The minimum absolute atomic E-state index is 0.000459. The van der Waals surface area contributed by atoms with E-state index in [1.54, 1.807) is 12.0 Å². The molecule has 9 heteroatoms. The molecule has 1 fully saturated rings. The van der Waals surface area contributed by atoms with Crippen LogP contribution < -0.4 is 9.64 Å². The number of amides is 1. The van der Waals surface area contributed by atoms with Crippen LogP contribution in [-0.2, 0) is 6.42 Å². The lowest BCUT2D eigenvalue weighted by molar-refractivity contribution is 0.0680. The van der Waals surface area contributed by atoms with Gasteiger partial charge in [0.1, 0.15) is 11.4 Å². The smallest absolute Gasteiger partial charge is 0.323 e. The molecule has 0 atom stereocenters. The number of rotatable bonds is 7. The van der Waals surface area contributed by atoms with Crippen molar-refractivity contribution in [3.63, 3.8) is 0 Å². The highest BCUT2D eigenvalue weighted by Crippen LogP contribution is 2.25. The Labute approximate surface area is 181 Å². The summed E-state index contributed by atoms with van der Waals surface area (Å²) in [4.78, 5) is 21.0. The van der Waals surface area contributed by atoms with Crippen molar-refractivity contribution in [1.82, 2.24) is 25.2 Å². The molecule has 31 heavy (non-hydrogen) atoms. The van der Waals surface area contributed by atoms with E-state index in [0.29, 0.717) is 17.6 Å². The molecule has 1 aliphatic rings. The fourth-order valence-electron chi connectivity index (χ4n) is 3.80. The number of aromatic amines is 1. The molecule has 3 aromatic rings. The van der Waals surface area contributed by atoms with Gasteiger partial charge in [-0.3, -0.25) is 9.89 Å². The van der Waals surface area contributed by atoms with Crippen LogP contribution >= 0.6 is 0 Å². The monoisotopic (exact) mass is 424 g/mol. The van der Waals surface area contributed by atoms with Crippen molar-refractivity contribution < 1.29 is 14.1 Å². The van der Waals surface area contributed by atoms with Crippen LogP contribution in [-0.4, -0.2) is 65.4 Å². The summed E-state index contributed by atoms with van der Waals surface area (Å²) in [5.74, 6) is 2.09. The lowest BCUT2D eigenvalue weighted by Crippen LogP contribution is -2.38. The molecule has 1 N–H and O–H groups in total. The molecule has 1 aliphatic heterocycles. The van der Waals surface area contributed by atoms with Gasteiger partial charge in [0.15, 0.2) is 5.82 Å². The SMILES string of the molecule is COc1ccc(-c2cc(C(=O)N3CCC(CCc4noc(N(C)C)n4)CC3)[nH]n2)cc1. The zero-order chi connectivity index (χ0) is 21.8. The average molecular weight is 425 g/mol. The fraction of sp³-hybridized carbons (Fsp3) is 0.455. The number of carbonyl (C=O) groups is 1. The number of piperidine rings is 1. The van der Waals surface area contributed by atoms with Gasteiger partial charge in [-0.2, -0.15) is 10.1 Å². The Morgan fingerprint density at radius 2 is 2.00 bits per heavy atom. The van der Waals surface area contributed by atoms with Gasteiger partial charge in [-0.1, -0.05) is 5.16 Å². The number of nitrogens with one attached hydrogen (secondary N) is 1. The number of methoxy groups -OCH3 is 1. The average Bonchev–Trinajstić information content (AvgIpc) is 3.48. The van der Waals surface area contributed by atoms with Gasteiger partial charge in [-0.25, -0.2) is 0 Å². The molecule has 0 saturated carbocycles. The van der Waals surface area contributed by atoms with Crippen molar-refractivity contribution in [1.29, 1.82) is 0 Å². The first kappa shape index (κ1) is 20.9. The zero-order valence-corrected chi connectivity index (χ0v) is 18.2. The van der Waals surface area contributed by atoms with E-state index in [0.717, 1.165) is 61.6 Å². The maximum Gasteiger partial charge on any atom is 0.323 e. The number of H-pyrrole nitrogens is 1. The third-order valence-corrected chi connectivity index (χ3v) is 5.71. The van der Waals surface area contributed by atoms with Gasteiger partial charge in [0.2, 0.25) is 0 Å². The summed E-state index contributed by atoms with van der Waals surface area (Å²) >= 11 is 0. The summed E-state index contributed by atoms with van der Waals surface area (Å²) in [7, 11) is 5.39. The number of aryl methyl sites for hydroxylation is 1. The van der Waals surface area contributed by atoms with E-state index < -0.39 is 0 Å². The van der Waals surface area contributed by atoms with Gasteiger partial charge in [0, 0.05) is 39.2 Å². The third kappa shape index (κ3) is 4.87. The van der Waals surface area contributed by atoms with Crippen LogP contribution in [0.15, 0.2) is 34.9 Å². The number of ether oxygens (including phenoxy) is 1. The van der Waals surface area contributed by atoms with E-state index in [1.165, 1.54) is 0 Å². The highest BCUT2D eigenvalue weighted by molar-refractivity contribution is 5.93. The quantitative estimate of drug-likeness (QED) is 0.622. The summed E-state index contributed by atoms with van der Waals surface area (Å²) in [6.45, 7) is 1.49. The lowest BCUT2D eigenvalue weighted by atomic mass is 9.92. The Kier molecular flexibility index (Phi) is 6.20. The van der Waals surface area contributed by atoms with Crippen molar-refractivity contribution in [3.05, 3.63) is 41.9 Å². The number of benzene rings is 1. The molecular formula is C22H28N6O3. The molecule has 0 unspecified atom stereocenters. The molecule has 1 saturated heterocycles. The fourth-order valence-corrected chi connectivity index (χ4v) is 3.80. The van der Waals surface area contributed by atoms with Crippen LogP contribution in [0.1, 0.15) is 35.6 Å². The lowest BCUT2D eigenvalue weighted by Gasteiger charge is -2.31. The second-order valence-electron chi connectivity index (χ2n) is 8.06. The maximum absolute atomic E-state index is 12.9. The molecular weight excluding hydrogens is 396 g/mol. The van der Waals surface area contributed by atoms with Gasteiger partial charge >= 0.3 is 6.01 Å². The van der Waals surface area contributed by atoms with Crippen LogP contribution in [0, 0.1) is 5.92 Å². The Bertz CT molecular complexity index is 1000. The Morgan fingerprint density at radius 3 is 2.65 bits per heavy atom. The maximum atomic E-state index is 12.9. The first-order chi connectivity index (χ1) is 15.0. The molecule has 1 amide bonds. The summed E-state index contributed by atoms with van der Waals surface area (Å²) in [6, 6.07) is 9.97. The van der Waals surface area contributed by atoms with E-state index in [1.807, 2.05) is 49.3 Å². The van der Waals surface area contributed by atoms with Gasteiger partial charge < -0.3 is 19.1 Å². The van der Waals surface area contributed by atoms with Gasteiger partial charge in [0.05, 0.1) is 12.8 Å². The Balaban J connectivity index is 1.28. The van der Waals surface area contributed by atoms with Crippen molar-refractivity contribution in [3.8, 4) is 17.0 Å². The standard InChI is InChI=1S/C22H28N6O3/c1-27(2)22-23-20(26-31-22)9-4-15-10-12-28(13-11-15)21(29)19-14-18(24-25-19)16-5-7-17(30-3)8-6-16/h5-8,14-15H,4,9-13H2,1-3H3,(H,24,25). The molecule has 0 aliphatic carbocycles. The molecule has 0 radical (unpaired) electrons. The molecule has 164 valence electrons. The number of hydrogen-bond donors (Lipinski definition) is 1. The third-order valence-electron chi connectivity index (χ3n) is 5.71. The summed E-state index contributed by atoms with van der Waals surface area (Å²) < 4.78 is 10.4. The Morgan fingerprint density at radius 1 is 1.26 bits per heavy atom. The predicted molar refractivity (Wildman–Crippen MR) is 116 cm³/mol. The van der Waals surface area contributed by atoms with Crippen molar-refractivity contribution >= 4 is 11.9 Å². The van der Waals surface area contributed by atoms with Crippen molar-refractivity contribution in [2.75, 3.05) is 39.2 Å². The van der Waals surface area contributed by atoms with Gasteiger partial charge in [-0.15, -0.1) is 0 Å². The van der Waals surface area contributed by atoms with Gasteiger partial charge in [0.25, 0.3) is 5.91 Å². The number of likely N-dealkylation sites (tertiary alicyclic amines) is 1. The summed E-state index contributed by atoms with van der Waals surface area (Å²) in [6.07, 6.45) is 3.75. The first-order valence-corrected chi connectivity index (χ1v) is 10.5. The highest BCUT2D eigenvalue weighted by Gasteiger charge is 2.25. The first-order valence-electron chi connectivity index (χ1n) is 10.5. The van der Waals surface area contributed by atoms with E-state index in [9.17, 15) is 4.79 Å². The summed E-state index contributed by atoms with van der Waals surface area (Å²) in [5, 5.41) is 11.2. The predicted octanol–water partition coefficient (Wildman–Crippen LogP) is 3.02. The number of anilines is 1. The topological polar surface area (TPSA) is 100 Å². The van der Waals surface area contributed by atoms with Crippen LogP contribution in [0.3, 0.4) is 0 Å². The molecule has 3 heterocycles. The van der Waals surface area contributed by atoms with Crippen LogP contribution in [0.25, 0.3) is 11.3 Å². The normalized spacial score (nSPS) is 14.6. The van der Waals surface area contributed by atoms with Crippen molar-refractivity contribution in [2.45, 2.75) is 25.7 Å². The number of nitrogens with zero attached hydrogens (tertiary/aromatic N) is 5. The second kappa shape index (κ2) is 9.20. The largest absolute Gasteiger partial charge is 0.497 e. The molecule has 0 bridgehead atoms. The van der Waals surface area contributed by atoms with Crippen LogP contribution in [0.4, 0.5) is 6.01 Å². The molecule has 9 nitrogen and oxygen atoms in total. The van der Waals surface area contributed by atoms with Crippen LogP contribution in [0.5, 0.6) is 5.75 Å². The van der Waals surface area contributed by atoms with E-state index >= 15 is 0 Å². The zero-order valence-electron chi connectivity index (χ0n) is 18.2. The minimum Gasteiger partial charge on any atom is -0.497 e. The van der Waals surface area contributed by atoms with E-state index in [2.05, 4.69) is 20.3 Å². The number of hydrogen-bond acceptors (Lipinski definition) is 7. The van der Waals surface area contributed by atoms with Crippen molar-refractivity contribution in [2.24, 2.45) is 5.92 Å². The molecule has 2 aromatic heterocycles. The van der Waals surface area contributed by atoms with Crippen LogP contribution in [0.2, 0.25) is 0 Å². The number of carbonyl (C=O) groups excluding carboxylic acids is 1. The van der Waals surface area contributed by atoms with Gasteiger partial charge in [-0.05, 0) is 55.5 Å². The highest BCUT2D eigenvalue weighted by atomic mass is 16.5. The molecule has 1 aromatic carbocycles. The minimum atomic E-state index is -0.000459. The summed E-state index contributed by atoms with van der Waals surface area (Å²) in [5.41, 5.74) is 2.21. The van der Waals surface area contributed by atoms with E-state index in [-0.39, 0.29) is 5.91 Å². The number of aromatic nitrogens is 4. The molecule has 4 rings (SSSR count).